The van der Waals surface area contributed by atoms with E-state index < -0.39 is 17.4 Å². The molecule has 1 aromatic heterocycles. The van der Waals surface area contributed by atoms with Crippen LogP contribution < -0.4 is 26.2 Å². The third-order valence-corrected chi connectivity index (χ3v) is 5.12. The summed E-state index contributed by atoms with van der Waals surface area (Å²) in [7, 11) is 3.00. The van der Waals surface area contributed by atoms with E-state index in [4.69, 9.17) is 4.74 Å². The number of amides is 1. The number of nitrogens with zero attached hydrogens (tertiary/aromatic N) is 3. The summed E-state index contributed by atoms with van der Waals surface area (Å²) in [5.41, 5.74) is 1.13. The van der Waals surface area contributed by atoms with Gasteiger partial charge in [0, 0.05) is 31.7 Å². The van der Waals surface area contributed by atoms with Crippen LogP contribution in [0.4, 0.5) is 11.4 Å². The number of aryl methyl sites for hydroxylation is 1. The predicted octanol–water partition coefficient (Wildman–Crippen LogP) is 2.25. The van der Waals surface area contributed by atoms with Crippen LogP contribution >= 0.6 is 0 Å². The fraction of sp³-hybridized carbons (Fsp3) is 0.227. The Morgan fingerprint density at radius 1 is 1.00 bits per heavy atom. The number of carbonyl (C=O) groups excluding carboxylic acids is 1. The van der Waals surface area contributed by atoms with E-state index in [1.54, 1.807) is 49.5 Å². The molecular weight excluding hydrogens is 384 g/mol. The number of anilines is 2. The highest BCUT2D eigenvalue weighted by Crippen LogP contribution is 2.36. The van der Waals surface area contributed by atoms with Crippen molar-refractivity contribution in [3.63, 3.8) is 0 Å². The molecule has 1 unspecified atom stereocenters. The summed E-state index contributed by atoms with van der Waals surface area (Å²) in [6.45, 7) is 2.43. The lowest BCUT2D eigenvalue weighted by Gasteiger charge is -2.37. The summed E-state index contributed by atoms with van der Waals surface area (Å²) >= 11 is 0. The number of benzene rings is 2. The zero-order chi connectivity index (χ0) is 21.4. The molecule has 8 nitrogen and oxygen atoms in total. The largest absolute Gasteiger partial charge is 0.494 e. The number of hydrogen-bond acceptors (Lipinski definition) is 5. The molecule has 1 N–H and O–H groups in total. The van der Waals surface area contributed by atoms with Gasteiger partial charge in [0.15, 0.2) is 0 Å². The number of fused-ring (bicyclic) bond motifs is 1. The van der Waals surface area contributed by atoms with Crippen molar-refractivity contribution >= 4 is 17.3 Å². The van der Waals surface area contributed by atoms with Crippen molar-refractivity contribution in [2.24, 2.45) is 14.1 Å². The van der Waals surface area contributed by atoms with Gasteiger partial charge in [0.2, 0.25) is 0 Å². The van der Waals surface area contributed by atoms with Crippen molar-refractivity contribution in [1.29, 1.82) is 0 Å². The molecule has 0 bridgehead atoms. The molecule has 30 heavy (non-hydrogen) atoms. The molecular formula is C22H22N4O4. The summed E-state index contributed by atoms with van der Waals surface area (Å²) < 4.78 is 7.87. The lowest BCUT2D eigenvalue weighted by atomic mass is 10.0. The Balaban J connectivity index is 1.90. The molecule has 2 heterocycles. The molecule has 2 aromatic carbocycles. The average Bonchev–Trinajstić information content (AvgIpc) is 2.76. The molecule has 8 heteroatoms. The van der Waals surface area contributed by atoms with Crippen LogP contribution in [0.1, 0.15) is 29.0 Å². The second kappa shape index (κ2) is 7.55. The lowest BCUT2D eigenvalue weighted by Crippen LogP contribution is -2.48. The van der Waals surface area contributed by atoms with Crippen LogP contribution in [-0.2, 0) is 14.1 Å². The van der Waals surface area contributed by atoms with Crippen molar-refractivity contribution in [3.8, 4) is 5.75 Å². The molecule has 1 amide bonds. The Hall–Kier alpha value is -3.81. The molecule has 0 saturated carbocycles. The summed E-state index contributed by atoms with van der Waals surface area (Å²) in [6, 6.07) is 14.3. The van der Waals surface area contributed by atoms with E-state index in [-0.39, 0.29) is 11.5 Å². The van der Waals surface area contributed by atoms with Crippen LogP contribution in [0.15, 0.2) is 64.3 Å². The second-order valence-electron chi connectivity index (χ2n) is 7.04. The molecule has 0 radical (unpaired) electrons. The normalized spacial score (nSPS) is 15.5. The van der Waals surface area contributed by atoms with E-state index in [9.17, 15) is 14.4 Å². The van der Waals surface area contributed by atoms with E-state index >= 15 is 0 Å². The van der Waals surface area contributed by atoms with Crippen LogP contribution in [0, 0.1) is 0 Å². The summed E-state index contributed by atoms with van der Waals surface area (Å²) in [5.74, 6) is 0.447. The van der Waals surface area contributed by atoms with Gasteiger partial charge < -0.3 is 14.6 Å². The van der Waals surface area contributed by atoms with Gasteiger partial charge in [0.05, 0.1) is 17.7 Å². The second-order valence-corrected chi connectivity index (χ2v) is 7.04. The van der Waals surface area contributed by atoms with E-state index in [1.165, 1.54) is 22.7 Å². The number of rotatable bonds is 4. The van der Waals surface area contributed by atoms with Gasteiger partial charge in [0.25, 0.3) is 11.5 Å². The van der Waals surface area contributed by atoms with Crippen molar-refractivity contribution in [2.75, 3.05) is 16.8 Å². The van der Waals surface area contributed by atoms with Crippen molar-refractivity contribution in [1.82, 2.24) is 9.13 Å². The maximum Gasteiger partial charge on any atom is 0.330 e. The first-order valence-electron chi connectivity index (χ1n) is 9.61. The van der Waals surface area contributed by atoms with Gasteiger partial charge in [-0.1, -0.05) is 12.1 Å². The summed E-state index contributed by atoms with van der Waals surface area (Å²) in [4.78, 5) is 40.0. The SMILES string of the molecule is CCOc1ccc(N2C(=O)c3ccccc3NC2c2cn(C)c(=O)n(C)c2=O)cc1. The Kier molecular flexibility index (Phi) is 4.91. The van der Waals surface area contributed by atoms with Crippen LogP contribution in [0.5, 0.6) is 5.75 Å². The molecule has 1 aliphatic rings. The predicted molar refractivity (Wildman–Crippen MR) is 114 cm³/mol. The maximum atomic E-state index is 13.4. The zero-order valence-electron chi connectivity index (χ0n) is 17.0. The van der Waals surface area contributed by atoms with Gasteiger partial charge in [-0.15, -0.1) is 0 Å². The van der Waals surface area contributed by atoms with Gasteiger partial charge in [-0.3, -0.25) is 19.1 Å². The first-order valence-corrected chi connectivity index (χ1v) is 9.61. The smallest absolute Gasteiger partial charge is 0.330 e. The van der Waals surface area contributed by atoms with Crippen LogP contribution in [0.3, 0.4) is 0 Å². The van der Waals surface area contributed by atoms with E-state index in [1.807, 2.05) is 13.0 Å². The molecule has 4 rings (SSSR count). The number of nitrogens with one attached hydrogen (secondary N) is 1. The Bertz CT molecular complexity index is 1230. The highest BCUT2D eigenvalue weighted by atomic mass is 16.5. The topological polar surface area (TPSA) is 85.6 Å². The molecule has 0 spiro atoms. The van der Waals surface area contributed by atoms with Crippen molar-refractivity contribution in [3.05, 3.63) is 86.7 Å². The van der Waals surface area contributed by atoms with Gasteiger partial charge >= 0.3 is 5.69 Å². The number of carbonyl (C=O) groups is 1. The molecule has 1 aliphatic heterocycles. The average molecular weight is 406 g/mol. The Morgan fingerprint density at radius 2 is 1.70 bits per heavy atom. The molecule has 0 aliphatic carbocycles. The molecule has 3 aromatic rings. The van der Waals surface area contributed by atoms with E-state index in [2.05, 4.69) is 5.32 Å². The maximum absolute atomic E-state index is 13.4. The number of para-hydroxylation sites is 1. The minimum absolute atomic E-state index is 0.241. The molecule has 1 atom stereocenters. The summed E-state index contributed by atoms with van der Waals surface area (Å²) in [6.07, 6.45) is 0.696. The zero-order valence-corrected chi connectivity index (χ0v) is 17.0. The number of hydrogen-bond donors (Lipinski definition) is 1. The highest BCUT2D eigenvalue weighted by Gasteiger charge is 2.36. The van der Waals surface area contributed by atoms with Crippen molar-refractivity contribution in [2.45, 2.75) is 13.1 Å². The fourth-order valence-corrected chi connectivity index (χ4v) is 3.63. The molecule has 154 valence electrons. The van der Waals surface area contributed by atoms with Crippen LogP contribution in [0.2, 0.25) is 0 Å². The third-order valence-electron chi connectivity index (χ3n) is 5.12. The first-order chi connectivity index (χ1) is 14.4. The van der Waals surface area contributed by atoms with Crippen LogP contribution in [0.25, 0.3) is 0 Å². The van der Waals surface area contributed by atoms with Crippen LogP contribution in [-0.4, -0.2) is 21.6 Å². The van der Waals surface area contributed by atoms with Crippen molar-refractivity contribution < 1.29 is 9.53 Å². The quantitative estimate of drug-likeness (QED) is 0.718. The van der Waals surface area contributed by atoms with Gasteiger partial charge in [-0.2, -0.15) is 0 Å². The monoisotopic (exact) mass is 406 g/mol. The highest BCUT2D eigenvalue weighted by molar-refractivity contribution is 6.12. The minimum Gasteiger partial charge on any atom is -0.494 e. The first kappa shape index (κ1) is 19.5. The third kappa shape index (κ3) is 3.16. The van der Waals surface area contributed by atoms with Gasteiger partial charge in [-0.25, -0.2) is 4.79 Å². The number of aromatic nitrogens is 2. The summed E-state index contributed by atoms with van der Waals surface area (Å²) in [5, 5.41) is 3.29. The number of ether oxygens (including phenoxy) is 1. The fourth-order valence-electron chi connectivity index (χ4n) is 3.63. The Morgan fingerprint density at radius 3 is 2.40 bits per heavy atom. The Labute approximate surface area is 172 Å². The standard InChI is InChI=1S/C22H22N4O4/c1-4-30-15-11-9-14(10-12-15)26-19(17-13-24(2)22(29)25(3)20(17)27)23-18-8-6-5-7-16(18)21(26)28/h5-13,19,23H,4H2,1-3H3. The minimum atomic E-state index is -0.782. The van der Waals surface area contributed by atoms with E-state index in [0.29, 0.717) is 29.3 Å². The van der Waals surface area contributed by atoms with E-state index in [0.717, 1.165) is 4.57 Å². The van der Waals surface area contributed by atoms with Gasteiger partial charge in [-0.05, 0) is 43.3 Å². The molecule has 0 saturated heterocycles. The molecule has 0 fully saturated rings. The van der Waals surface area contributed by atoms with Gasteiger partial charge in [0.1, 0.15) is 11.9 Å². The lowest BCUT2D eigenvalue weighted by molar-refractivity contribution is 0.0974.